The molecule has 0 aliphatic heterocycles. The van der Waals surface area contributed by atoms with Crippen LogP contribution < -0.4 is 10.2 Å². The second-order valence-electron chi connectivity index (χ2n) is 4.30. The van der Waals surface area contributed by atoms with Crippen LogP contribution in [0, 0.1) is 0 Å². The molecule has 0 radical (unpaired) electrons. The Kier molecular flexibility index (Phi) is 3.66. The molecule has 16 heavy (non-hydrogen) atoms. The number of aromatic nitrogens is 1. The third-order valence-electron chi connectivity index (χ3n) is 2.94. The Morgan fingerprint density at radius 2 is 2.31 bits per heavy atom. The molecule has 0 saturated heterocycles. The molecule has 1 aromatic heterocycles. The van der Waals surface area contributed by atoms with E-state index in [4.69, 9.17) is 11.6 Å². The molecule has 1 aliphatic rings. The predicted octanol–water partition coefficient (Wildman–Crippen LogP) is 2.44. The lowest BCUT2D eigenvalue weighted by molar-refractivity contribution is 0.687. The third kappa shape index (κ3) is 2.86. The number of hydrogen-bond acceptors (Lipinski definition) is 3. The second kappa shape index (κ2) is 5.02. The Hall–Kier alpha value is -0.800. The van der Waals surface area contributed by atoms with Gasteiger partial charge in [-0.05, 0) is 31.4 Å². The van der Waals surface area contributed by atoms with Crippen LogP contribution in [0.15, 0.2) is 12.3 Å². The summed E-state index contributed by atoms with van der Waals surface area (Å²) < 4.78 is 0. The molecule has 0 unspecified atom stereocenters. The molecule has 1 N–H and O–H groups in total. The number of rotatable bonds is 5. The van der Waals surface area contributed by atoms with Crippen LogP contribution in [0.25, 0.3) is 0 Å². The standard InChI is InChI=1S/C12H18ClN3/c1-3-16(2)12-6-9(11(13)8-15-12)7-14-10-4-5-10/h6,8,10,14H,3-5,7H2,1-2H3. The summed E-state index contributed by atoms with van der Waals surface area (Å²) in [6, 6.07) is 2.78. The number of nitrogens with zero attached hydrogens (tertiary/aromatic N) is 2. The zero-order valence-electron chi connectivity index (χ0n) is 9.83. The highest BCUT2D eigenvalue weighted by atomic mass is 35.5. The summed E-state index contributed by atoms with van der Waals surface area (Å²) in [7, 11) is 2.04. The van der Waals surface area contributed by atoms with Gasteiger partial charge in [0.1, 0.15) is 5.82 Å². The van der Waals surface area contributed by atoms with Crippen LogP contribution in [0.2, 0.25) is 5.02 Å². The Labute approximate surface area is 102 Å². The van der Waals surface area contributed by atoms with Gasteiger partial charge in [0, 0.05) is 32.4 Å². The highest BCUT2D eigenvalue weighted by Crippen LogP contribution is 2.23. The van der Waals surface area contributed by atoms with Crippen molar-refractivity contribution in [3.05, 3.63) is 22.8 Å². The van der Waals surface area contributed by atoms with Crippen molar-refractivity contribution in [1.29, 1.82) is 0 Å². The summed E-state index contributed by atoms with van der Waals surface area (Å²) in [5, 5.41) is 4.22. The van der Waals surface area contributed by atoms with Crippen LogP contribution in [0.1, 0.15) is 25.3 Å². The van der Waals surface area contributed by atoms with Crippen LogP contribution in [-0.4, -0.2) is 24.6 Å². The van der Waals surface area contributed by atoms with Crippen LogP contribution in [0.4, 0.5) is 5.82 Å². The number of nitrogens with one attached hydrogen (secondary N) is 1. The lowest BCUT2D eigenvalue weighted by atomic mass is 10.2. The molecule has 0 amide bonds. The highest BCUT2D eigenvalue weighted by molar-refractivity contribution is 6.31. The summed E-state index contributed by atoms with van der Waals surface area (Å²) >= 11 is 6.13. The minimum absolute atomic E-state index is 0.705. The van der Waals surface area contributed by atoms with E-state index in [0.29, 0.717) is 6.04 Å². The maximum atomic E-state index is 6.13. The second-order valence-corrected chi connectivity index (χ2v) is 4.71. The van der Waals surface area contributed by atoms with Gasteiger partial charge in [0.05, 0.1) is 5.02 Å². The molecule has 1 heterocycles. The van der Waals surface area contributed by atoms with E-state index in [9.17, 15) is 0 Å². The molecular weight excluding hydrogens is 222 g/mol. The van der Waals surface area contributed by atoms with Gasteiger partial charge in [0.25, 0.3) is 0 Å². The lowest BCUT2D eigenvalue weighted by Gasteiger charge is -2.17. The Bertz CT molecular complexity index is 363. The number of pyridine rings is 1. The van der Waals surface area contributed by atoms with Crippen molar-refractivity contribution < 1.29 is 0 Å². The Morgan fingerprint density at radius 1 is 1.56 bits per heavy atom. The van der Waals surface area contributed by atoms with Gasteiger partial charge in [-0.1, -0.05) is 11.6 Å². The monoisotopic (exact) mass is 239 g/mol. The van der Waals surface area contributed by atoms with Gasteiger partial charge in [0.2, 0.25) is 0 Å². The van der Waals surface area contributed by atoms with Crippen molar-refractivity contribution in [3.63, 3.8) is 0 Å². The summed E-state index contributed by atoms with van der Waals surface area (Å²) in [4.78, 5) is 6.43. The van der Waals surface area contributed by atoms with Gasteiger partial charge in [-0.3, -0.25) is 0 Å². The van der Waals surface area contributed by atoms with Crippen LogP contribution >= 0.6 is 11.6 Å². The summed E-state index contributed by atoms with van der Waals surface area (Å²) in [6.45, 7) is 3.90. The Morgan fingerprint density at radius 3 is 2.94 bits per heavy atom. The molecule has 4 heteroatoms. The van der Waals surface area contributed by atoms with E-state index in [1.54, 1.807) is 6.20 Å². The first-order chi connectivity index (χ1) is 7.70. The zero-order valence-corrected chi connectivity index (χ0v) is 10.6. The van der Waals surface area contributed by atoms with Crippen LogP contribution in [-0.2, 0) is 6.54 Å². The SMILES string of the molecule is CCN(C)c1cc(CNC2CC2)c(Cl)cn1. The summed E-state index contributed by atoms with van der Waals surface area (Å²) in [6.07, 6.45) is 4.34. The molecule has 1 aromatic rings. The van der Waals surface area contributed by atoms with Gasteiger partial charge in [-0.25, -0.2) is 4.98 Å². The van der Waals surface area contributed by atoms with E-state index in [1.807, 2.05) is 7.05 Å². The van der Waals surface area contributed by atoms with Crippen LogP contribution in [0.5, 0.6) is 0 Å². The minimum Gasteiger partial charge on any atom is -0.360 e. The van der Waals surface area contributed by atoms with E-state index in [-0.39, 0.29) is 0 Å². The van der Waals surface area contributed by atoms with E-state index in [2.05, 4.69) is 28.2 Å². The number of anilines is 1. The normalized spacial score (nSPS) is 15.2. The number of halogens is 1. The topological polar surface area (TPSA) is 28.2 Å². The van der Waals surface area contributed by atoms with Gasteiger partial charge >= 0.3 is 0 Å². The van der Waals surface area contributed by atoms with Crippen molar-refractivity contribution >= 4 is 17.4 Å². The highest BCUT2D eigenvalue weighted by Gasteiger charge is 2.20. The van der Waals surface area contributed by atoms with Crippen molar-refractivity contribution in [2.45, 2.75) is 32.4 Å². The molecule has 2 rings (SSSR count). The van der Waals surface area contributed by atoms with E-state index in [1.165, 1.54) is 12.8 Å². The largest absolute Gasteiger partial charge is 0.360 e. The van der Waals surface area contributed by atoms with Gasteiger partial charge in [0.15, 0.2) is 0 Å². The maximum absolute atomic E-state index is 6.13. The van der Waals surface area contributed by atoms with Crippen molar-refractivity contribution in [1.82, 2.24) is 10.3 Å². The van der Waals surface area contributed by atoms with Gasteiger partial charge in [-0.2, -0.15) is 0 Å². The molecule has 0 atom stereocenters. The molecule has 1 aliphatic carbocycles. The molecule has 0 aromatic carbocycles. The van der Waals surface area contributed by atoms with E-state index in [0.717, 1.165) is 29.5 Å². The lowest BCUT2D eigenvalue weighted by Crippen LogP contribution is -2.19. The Balaban J connectivity index is 2.07. The van der Waals surface area contributed by atoms with Crippen molar-refractivity contribution in [2.24, 2.45) is 0 Å². The fourth-order valence-electron chi connectivity index (χ4n) is 1.52. The fraction of sp³-hybridized carbons (Fsp3) is 0.583. The molecule has 1 fully saturated rings. The summed E-state index contributed by atoms with van der Waals surface area (Å²) in [5.41, 5.74) is 1.14. The van der Waals surface area contributed by atoms with Gasteiger partial charge < -0.3 is 10.2 Å². The third-order valence-corrected chi connectivity index (χ3v) is 3.28. The zero-order chi connectivity index (χ0) is 11.5. The average molecular weight is 240 g/mol. The fourth-order valence-corrected chi connectivity index (χ4v) is 1.69. The van der Waals surface area contributed by atoms with E-state index >= 15 is 0 Å². The molecule has 1 saturated carbocycles. The quantitative estimate of drug-likeness (QED) is 0.856. The number of hydrogen-bond donors (Lipinski definition) is 1. The maximum Gasteiger partial charge on any atom is 0.128 e. The molecular formula is C12H18ClN3. The first kappa shape index (κ1) is 11.7. The minimum atomic E-state index is 0.705. The van der Waals surface area contributed by atoms with E-state index < -0.39 is 0 Å². The predicted molar refractivity (Wildman–Crippen MR) is 68.1 cm³/mol. The molecule has 0 spiro atoms. The smallest absolute Gasteiger partial charge is 0.128 e. The average Bonchev–Trinajstić information content (AvgIpc) is 3.11. The first-order valence-corrected chi connectivity index (χ1v) is 6.17. The van der Waals surface area contributed by atoms with Gasteiger partial charge in [-0.15, -0.1) is 0 Å². The van der Waals surface area contributed by atoms with Crippen LogP contribution in [0.3, 0.4) is 0 Å². The first-order valence-electron chi connectivity index (χ1n) is 5.79. The molecule has 0 bridgehead atoms. The molecule has 3 nitrogen and oxygen atoms in total. The van der Waals surface area contributed by atoms with Crippen molar-refractivity contribution in [3.8, 4) is 0 Å². The molecule has 88 valence electrons. The van der Waals surface area contributed by atoms with Crippen molar-refractivity contribution in [2.75, 3.05) is 18.5 Å². The summed E-state index contributed by atoms with van der Waals surface area (Å²) in [5.74, 6) is 0.986.